The van der Waals surface area contributed by atoms with Gasteiger partial charge in [-0.1, -0.05) is 18.7 Å². The minimum absolute atomic E-state index is 0.0676. The highest BCUT2D eigenvalue weighted by atomic mass is 16.5. The summed E-state index contributed by atoms with van der Waals surface area (Å²) in [7, 11) is 2.98. The topological polar surface area (TPSA) is 82.1 Å². The van der Waals surface area contributed by atoms with Gasteiger partial charge in [-0.05, 0) is 36.8 Å². The van der Waals surface area contributed by atoms with Crippen LogP contribution < -0.4 is 14.2 Å². The molecule has 0 radical (unpaired) electrons. The molecule has 6 heteroatoms. The zero-order valence-electron chi connectivity index (χ0n) is 16.0. The molecule has 0 aliphatic rings. The Morgan fingerprint density at radius 3 is 2.07 bits per heavy atom. The van der Waals surface area contributed by atoms with E-state index in [0.29, 0.717) is 53.3 Å². The van der Waals surface area contributed by atoms with Gasteiger partial charge < -0.3 is 19.3 Å². The Labute approximate surface area is 164 Å². The SMILES string of the molecule is C=CCOc1ccc(C=O)cc1OC.C=CCc1cc(C=O)cc(OC)c1O. The van der Waals surface area contributed by atoms with Crippen LogP contribution in [0.4, 0.5) is 0 Å². The quantitative estimate of drug-likeness (QED) is 0.520. The van der Waals surface area contributed by atoms with Gasteiger partial charge in [0, 0.05) is 16.7 Å². The summed E-state index contributed by atoms with van der Waals surface area (Å²) in [5, 5.41) is 9.65. The maximum atomic E-state index is 10.6. The molecule has 0 amide bonds. The van der Waals surface area contributed by atoms with Crippen molar-refractivity contribution in [2.45, 2.75) is 6.42 Å². The van der Waals surface area contributed by atoms with E-state index in [2.05, 4.69) is 13.2 Å². The molecule has 0 fully saturated rings. The fourth-order valence-corrected chi connectivity index (χ4v) is 2.25. The van der Waals surface area contributed by atoms with Crippen molar-refractivity contribution in [1.82, 2.24) is 0 Å². The molecule has 0 saturated carbocycles. The summed E-state index contributed by atoms with van der Waals surface area (Å²) in [6.45, 7) is 7.52. The van der Waals surface area contributed by atoms with Crippen molar-refractivity contribution in [2.75, 3.05) is 20.8 Å². The third kappa shape index (κ3) is 6.32. The van der Waals surface area contributed by atoms with E-state index >= 15 is 0 Å². The number of hydrogen-bond acceptors (Lipinski definition) is 6. The Hall–Kier alpha value is -3.54. The Morgan fingerprint density at radius 1 is 0.893 bits per heavy atom. The first kappa shape index (κ1) is 22.5. The molecule has 2 rings (SSSR count). The van der Waals surface area contributed by atoms with E-state index in [0.717, 1.165) is 6.29 Å². The molecule has 0 unspecified atom stereocenters. The third-order valence-corrected chi connectivity index (χ3v) is 3.58. The molecule has 148 valence electrons. The number of benzene rings is 2. The van der Waals surface area contributed by atoms with Crippen molar-refractivity contribution in [3.05, 3.63) is 72.3 Å². The number of carbonyl (C=O) groups is 2. The van der Waals surface area contributed by atoms with Crippen molar-refractivity contribution in [3.8, 4) is 23.0 Å². The van der Waals surface area contributed by atoms with E-state index in [9.17, 15) is 14.7 Å². The number of methoxy groups -OCH3 is 2. The van der Waals surface area contributed by atoms with Crippen LogP contribution in [-0.2, 0) is 6.42 Å². The summed E-state index contributed by atoms with van der Waals surface area (Å²) in [5.74, 6) is 1.54. The number of hydrogen-bond donors (Lipinski definition) is 1. The normalized spacial score (nSPS) is 9.36. The fourth-order valence-electron chi connectivity index (χ4n) is 2.25. The maximum absolute atomic E-state index is 10.6. The third-order valence-electron chi connectivity index (χ3n) is 3.58. The molecule has 0 aliphatic heterocycles. The predicted molar refractivity (Wildman–Crippen MR) is 108 cm³/mol. The molecule has 28 heavy (non-hydrogen) atoms. The van der Waals surface area contributed by atoms with Crippen molar-refractivity contribution in [3.63, 3.8) is 0 Å². The summed E-state index contributed by atoms with van der Waals surface area (Å²) in [5.41, 5.74) is 1.69. The minimum atomic E-state index is 0.0676. The molecule has 0 saturated heterocycles. The highest BCUT2D eigenvalue weighted by molar-refractivity contribution is 5.77. The van der Waals surface area contributed by atoms with Crippen LogP contribution in [0.15, 0.2) is 55.6 Å². The Bertz CT molecular complexity index is 826. The zero-order valence-corrected chi connectivity index (χ0v) is 16.0. The summed E-state index contributed by atoms with van der Waals surface area (Å²) in [4.78, 5) is 21.1. The van der Waals surface area contributed by atoms with E-state index < -0.39 is 0 Å². The number of aromatic hydroxyl groups is 1. The van der Waals surface area contributed by atoms with Gasteiger partial charge in [-0.3, -0.25) is 9.59 Å². The van der Waals surface area contributed by atoms with Crippen molar-refractivity contribution in [1.29, 1.82) is 0 Å². The lowest BCUT2D eigenvalue weighted by Crippen LogP contribution is -1.96. The molecule has 6 nitrogen and oxygen atoms in total. The molecular weight excluding hydrogens is 360 g/mol. The highest BCUT2D eigenvalue weighted by Gasteiger charge is 2.08. The Morgan fingerprint density at radius 2 is 1.54 bits per heavy atom. The molecule has 0 spiro atoms. The number of carbonyl (C=O) groups excluding carboxylic acids is 2. The van der Waals surface area contributed by atoms with Crippen LogP contribution >= 0.6 is 0 Å². The number of rotatable bonds is 9. The van der Waals surface area contributed by atoms with Gasteiger partial charge >= 0.3 is 0 Å². The summed E-state index contributed by atoms with van der Waals surface area (Å²) in [6.07, 6.45) is 5.29. The second kappa shape index (κ2) is 12.0. The molecule has 2 aromatic rings. The fraction of sp³-hybridized carbons (Fsp3) is 0.182. The zero-order chi connectivity index (χ0) is 20.9. The van der Waals surface area contributed by atoms with Gasteiger partial charge in [0.25, 0.3) is 0 Å². The smallest absolute Gasteiger partial charge is 0.161 e. The van der Waals surface area contributed by atoms with E-state index in [1.54, 1.807) is 36.4 Å². The van der Waals surface area contributed by atoms with E-state index in [1.807, 2.05) is 0 Å². The van der Waals surface area contributed by atoms with Crippen LogP contribution in [0.1, 0.15) is 26.3 Å². The van der Waals surface area contributed by atoms with Gasteiger partial charge in [-0.25, -0.2) is 0 Å². The average Bonchev–Trinajstić information content (AvgIpc) is 2.74. The first-order valence-corrected chi connectivity index (χ1v) is 8.37. The Balaban J connectivity index is 0.000000280. The van der Waals surface area contributed by atoms with Crippen molar-refractivity contribution in [2.24, 2.45) is 0 Å². The standard InChI is InChI=1S/2C11H12O3/c1-3-6-14-10-5-4-9(8-12)7-11(10)13-2;1-3-4-9-5-8(7-12)6-10(14-2)11(9)13/h3-5,7-8H,1,6H2,2H3;3,5-7,13H,1,4H2,2H3. The van der Waals surface area contributed by atoms with Crippen LogP contribution in [0.25, 0.3) is 0 Å². The second-order valence-corrected chi connectivity index (χ2v) is 5.47. The van der Waals surface area contributed by atoms with Crippen LogP contribution in [0.3, 0.4) is 0 Å². The number of ether oxygens (including phenoxy) is 3. The molecule has 0 bridgehead atoms. The van der Waals surface area contributed by atoms with Gasteiger partial charge in [-0.15, -0.1) is 6.58 Å². The van der Waals surface area contributed by atoms with Gasteiger partial charge in [0.15, 0.2) is 23.0 Å². The molecule has 0 heterocycles. The molecule has 0 aliphatic carbocycles. The van der Waals surface area contributed by atoms with Crippen molar-refractivity contribution >= 4 is 12.6 Å². The van der Waals surface area contributed by atoms with Crippen LogP contribution in [-0.4, -0.2) is 38.5 Å². The Kier molecular flexibility index (Phi) is 9.61. The lowest BCUT2D eigenvalue weighted by Gasteiger charge is -2.08. The number of allylic oxidation sites excluding steroid dienone is 1. The first-order chi connectivity index (χ1) is 13.5. The lowest BCUT2D eigenvalue weighted by molar-refractivity contribution is 0.111. The van der Waals surface area contributed by atoms with Gasteiger partial charge in [0.1, 0.15) is 19.2 Å². The second-order valence-electron chi connectivity index (χ2n) is 5.47. The van der Waals surface area contributed by atoms with Crippen LogP contribution in [0.2, 0.25) is 0 Å². The molecule has 2 aromatic carbocycles. The van der Waals surface area contributed by atoms with Crippen LogP contribution in [0.5, 0.6) is 23.0 Å². The number of phenols is 1. The lowest BCUT2D eigenvalue weighted by atomic mass is 10.1. The average molecular weight is 384 g/mol. The number of aldehydes is 2. The minimum Gasteiger partial charge on any atom is -0.504 e. The monoisotopic (exact) mass is 384 g/mol. The molecule has 0 atom stereocenters. The van der Waals surface area contributed by atoms with E-state index in [1.165, 1.54) is 20.3 Å². The highest BCUT2D eigenvalue weighted by Crippen LogP contribution is 2.31. The van der Waals surface area contributed by atoms with Gasteiger partial charge in [0.05, 0.1) is 14.2 Å². The van der Waals surface area contributed by atoms with Gasteiger partial charge in [-0.2, -0.15) is 0 Å². The molecular formula is C22H24O6. The largest absolute Gasteiger partial charge is 0.504 e. The molecule has 1 N–H and O–H groups in total. The van der Waals surface area contributed by atoms with Gasteiger partial charge in [0.2, 0.25) is 0 Å². The molecule has 0 aromatic heterocycles. The van der Waals surface area contributed by atoms with Crippen molar-refractivity contribution < 1.29 is 28.9 Å². The first-order valence-electron chi connectivity index (χ1n) is 8.37. The summed E-state index contributed by atoms with van der Waals surface area (Å²) >= 11 is 0. The van der Waals surface area contributed by atoms with Crippen LogP contribution in [0, 0.1) is 0 Å². The maximum Gasteiger partial charge on any atom is 0.161 e. The predicted octanol–water partition coefficient (Wildman–Crippen LogP) is 4.01. The number of phenolic OH excluding ortho intramolecular Hbond substituents is 1. The van der Waals surface area contributed by atoms with E-state index in [4.69, 9.17) is 14.2 Å². The van der Waals surface area contributed by atoms with E-state index in [-0.39, 0.29) is 5.75 Å². The summed E-state index contributed by atoms with van der Waals surface area (Å²) in [6, 6.07) is 8.12. The summed E-state index contributed by atoms with van der Waals surface area (Å²) < 4.78 is 15.3.